The maximum Gasteiger partial charge on any atom is 0.411 e. The van der Waals surface area contributed by atoms with Crippen LogP contribution in [0.15, 0.2) is 12.3 Å². The molecule has 3 heterocycles. The zero-order valence-electron chi connectivity index (χ0n) is 20.6. The van der Waals surface area contributed by atoms with Crippen molar-refractivity contribution < 1.29 is 14.3 Å². The number of rotatable bonds is 7. The van der Waals surface area contributed by atoms with Gasteiger partial charge in [-0.3, -0.25) is 10.4 Å². The van der Waals surface area contributed by atoms with Gasteiger partial charge in [-0.2, -0.15) is 0 Å². The van der Waals surface area contributed by atoms with Crippen LogP contribution in [-0.2, 0) is 9.47 Å². The lowest BCUT2D eigenvalue weighted by atomic mass is 9.83. The Balaban J connectivity index is 1.77. The lowest BCUT2D eigenvalue weighted by Crippen LogP contribution is -2.41. The van der Waals surface area contributed by atoms with E-state index in [1.54, 1.807) is 12.3 Å². The first kappa shape index (κ1) is 26.1. The van der Waals surface area contributed by atoms with E-state index in [0.717, 1.165) is 25.3 Å². The first-order valence-electron chi connectivity index (χ1n) is 12.2. The van der Waals surface area contributed by atoms with Crippen LogP contribution in [0.5, 0.6) is 0 Å². The Hall–Kier alpha value is -3.02. The molecule has 4 rings (SSSR count). The second kappa shape index (κ2) is 11.8. The molecule has 1 saturated heterocycles. The molecular formula is C24H33ClN8O3. The summed E-state index contributed by atoms with van der Waals surface area (Å²) in [7, 11) is 0. The number of nitrogens with one attached hydrogen (secondary N) is 3. The van der Waals surface area contributed by atoms with Crippen molar-refractivity contribution in [2.45, 2.75) is 39.5 Å². The van der Waals surface area contributed by atoms with Gasteiger partial charge in [0.25, 0.3) is 5.90 Å². The van der Waals surface area contributed by atoms with Crippen LogP contribution in [0.2, 0.25) is 5.02 Å². The van der Waals surface area contributed by atoms with Gasteiger partial charge >= 0.3 is 6.09 Å². The summed E-state index contributed by atoms with van der Waals surface area (Å²) in [5.74, 6) is 1.11. The Morgan fingerprint density at radius 1 is 1.28 bits per heavy atom. The van der Waals surface area contributed by atoms with Crippen molar-refractivity contribution in [3.05, 3.63) is 28.8 Å². The zero-order valence-corrected chi connectivity index (χ0v) is 21.4. The van der Waals surface area contributed by atoms with Crippen LogP contribution in [-0.4, -0.2) is 64.8 Å². The molecule has 0 radical (unpaired) electrons. The normalized spacial score (nSPS) is 20.5. The third-order valence-electron chi connectivity index (χ3n) is 6.60. The number of nitrogens with two attached hydrogens (primary N) is 1. The highest BCUT2D eigenvalue weighted by Crippen LogP contribution is 2.36. The molecular weight excluding hydrogens is 484 g/mol. The Morgan fingerprint density at radius 2 is 2.00 bits per heavy atom. The number of halogens is 1. The molecule has 12 heteroatoms. The van der Waals surface area contributed by atoms with Crippen molar-refractivity contribution in [1.82, 2.24) is 20.0 Å². The van der Waals surface area contributed by atoms with Crippen LogP contribution < -0.4 is 16.5 Å². The van der Waals surface area contributed by atoms with Crippen LogP contribution in [0.3, 0.4) is 0 Å². The van der Waals surface area contributed by atoms with Gasteiger partial charge in [-0.05, 0) is 37.7 Å². The number of morpholine rings is 1. The molecule has 0 atom stereocenters. The number of aromatic nitrogens is 3. The number of carbonyl (C=O) groups excluding carboxylic acids is 1. The molecule has 1 amide bonds. The average molecular weight is 517 g/mol. The van der Waals surface area contributed by atoms with Gasteiger partial charge in [0.2, 0.25) is 5.82 Å². The minimum Gasteiger partial charge on any atom is -0.388 e. The zero-order chi connectivity index (χ0) is 25.7. The number of hydrogen-bond acceptors (Lipinski definition) is 10. The summed E-state index contributed by atoms with van der Waals surface area (Å²) < 4.78 is 10.3. The molecule has 5 N–H and O–H groups in total. The predicted molar refractivity (Wildman–Crippen MR) is 138 cm³/mol. The van der Waals surface area contributed by atoms with E-state index >= 15 is 0 Å². The average Bonchev–Trinajstić information content (AvgIpc) is 2.85. The molecule has 11 nitrogen and oxygen atoms in total. The van der Waals surface area contributed by atoms with E-state index in [2.05, 4.69) is 32.6 Å². The number of hydrazine groups is 1. The maximum absolute atomic E-state index is 11.3. The van der Waals surface area contributed by atoms with Gasteiger partial charge in [0, 0.05) is 37.1 Å². The fourth-order valence-electron chi connectivity index (χ4n) is 4.50. The van der Waals surface area contributed by atoms with Gasteiger partial charge < -0.3 is 25.9 Å². The number of hydrogen-bond donors (Lipinski definition) is 4. The van der Waals surface area contributed by atoms with Crippen molar-refractivity contribution in [1.29, 1.82) is 5.41 Å². The number of amides is 1. The SMILES string of the molecule is Cc1ncc(Cl)cc1-c1nc(C(=N)OC(N)=O)nc(NN2CCOCC2)c1NCC1CCC(C)CC1. The molecule has 2 aliphatic rings. The van der Waals surface area contributed by atoms with Gasteiger partial charge in [-0.1, -0.05) is 31.4 Å². The quantitative estimate of drug-likeness (QED) is 0.318. The van der Waals surface area contributed by atoms with Crippen LogP contribution in [0.25, 0.3) is 11.3 Å². The summed E-state index contributed by atoms with van der Waals surface area (Å²) in [5.41, 5.74) is 11.1. The Kier molecular flexibility index (Phi) is 8.55. The minimum absolute atomic E-state index is 0.0871. The molecule has 36 heavy (non-hydrogen) atoms. The molecule has 194 valence electrons. The van der Waals surface area contributed by atoms with Gasteiger partial charge in [-0.25, -0.2) is 19.8 Å². The van der Waals surface area contributed by atoms with Crippen molar-refractivity contribution in [3.8, 4) is 11.3 Å². The van der Waals surface area contributed by atoms with Gasteiger partial charge in [-0.15, -0.1) is 0 Å². The van der Waals surface area contributed by atoms with Gasteiger partial charge in [0.1, 0.15) is 11.4 Å². The van der Waals surface area contributed by atoms with E-state index in [0.29, 0.717) is 65.7 Å². The van der Waals surface area contributed by atoms with E-state index in [1.807, 2.05) is 11.9 Å². The van der Waals surface area contributed by atoms with Crippen molar-refractivity contribution in [2.75, 3.05) is 43.6 Å². The lowest BCUT2D eigenvalue weighted by molar-refractivity contribution is 0.0495. The molecule has 2 aromatic rings. The highest BCUT2D eigenvalue weighted by molar-refractivity contribution is 6.30. The third-order valence-corrected chi connectivity index (χ3v) is 6.81. The van der Waals surface area contributed by atoms with Crippen molar-refractivity contribution >= 4 is 35.1 Å². The van der Waals surface area contributed by atoms with E-state index in [1.165, 1.54) is 12.8 Å². The standard InChI is InChI=1S/C24H33ClN8O3/c1-14-3-5-16(6-4-14)12-29-20-19(18-11-17(25)13-28-15(18)2)30-23(21(26)36-24(27)34)31-22(20)32-33-7-9-35-10-8-33/h11,13-14,16,26,29H,3-10,12H2,1-2H3,(H2,27,34)(H,30,31,32). The Labute approximate surface area is 215 Å². The van der Waals surface area contributed by atoms with Crippen LogP contribution in [0.1, 0.15) is 44.1 Å². The van der Waals surface area contributed by atoms with E-state index in [-0.39, 0.29) is 5.82 Å². The Bertz CT molecular complexity index is 1100. The second-order valence-electron chi connectivity index (χ2n) is 9.37. The van der Waals surface area contributed by atoms with Crippen molar-refractivity contribution in [3.63, 3.8) is 0 Å². The fraction of sp³-hybridized carbons (Fsp3) is 0.542. The number of anilines is 2. The first-order chi connectivity index (χ1) is 17.3. The summed E-state index contributed by atoms with van der Waals surface area (Å²) in [4.78, 5) is 24.9. The van der Waals surface area contributed by atoms with Crippen LogP contribution in [0, 0.1) is 24.2 Å². The molecule has 1 aliphatic heterocycles. The summed E-state index contributed by atoms with van der Waals surface area (Å²) in [6, 6.07) is 1.78. The van der Waals surface area contributed by atoms with Crippen LogP contribution >= 0.6 is 11.6 Å². The lowest BCUT2D eigenvalue weighted by Gasteiger charge is -2.30. The Morgan fingerprint density at radius 3 is 2.69 bits per heavy atom. The number of ether oxygens (including phenoxy) is 2. The number of pyridine rings is 1. The predicted octanol–water partition coefficient (Wildman–Crippen LogP) is 3.82. The van der Waals surface area contributed by atoms with E-state index < -0.39 is 12.0 Å². The first-order valence-corrected chi connectivity index (χ1v) is 12.6. The third kappa shape index (κ3) is 6.59. The number of primary amides is 1. The summed E-state index contributed by atoms with van der Waals surface area (Å²) in [6.45, 7) is 7.39. The summed E-state index contributed by atoms with van der Waals surface area (Å²) >= 11 is 6.31. The molecule has 1 saturated carbocycles. The molecule has 0 spiro atoms. The smallest absolute Gasteiger partial charge is 0.388 e. The molecule has 2 aromatic heterocycles. The summed E-state index contributed by atoms with van der Waals surface area (Å²) in [6.07, 6.45) is 5.21. The highest BCUT2D eigenvalue weighted by Gasteiger charge is 2.25. The topological polar surface area (TPSA) is 151 Å². The number of aryl methyl sites for hydroxylation is 1. The largest absolute Gasteiger partial charge is 0.411 e. The molecule has 2 fully saturated rings. The maximum atomic E-state index is 11.3. The van der Waals surface area contributed by atoms with E-state index in [4.69, 9.17) is 32.2 Å². The van der Waals surface area contributed by atoms with Crippen LogP contribution in [0.4, 0.5) is 16.3 Å². The molecule has 1 aliphatic carbocycles. The second-order valence-corrected chi connectivity index (χ2v) is 9.81. The van der Waals surface area contributed by atoms with E-state index in [9.17, 15) is 4.79 Å². The van der Waals surface area contributed by atoms with Gasteiger partial charge in [0.05, 0.1) is 18.2 Å². The van der Waals surface area contributed by atoms with Gasteiger partial charge in [0.15, 0.2) is 5.82 Å². The molecule has 0 unspecified atom stereocenters. The number of nitrogens with zero attached hydrogens (tertiary/aromatic N) is 4. The minimum atomic E-state index is -1.11. The fourth-order valence-corrected chi connectivity index (χ4v) is 4.66. The molecule has 0 bridgehead atoms. The summed E-state index contributed by atoms with van der Waals surface area (Å²) in [5, 5.41) is 14.2. The monoisotopic (exact) mass is 516 g/mol. The van der Waals surface area contributed by atoms with Crippen molar-refractivity contribution in [2.24, 2.45) is 17.6 Å². The number of carbonyl (C=O) groups is 1. The highest BCUT2D eigenvalue weighted by atomic mass is 35.5. The molecule has 0 aromatic carbocycles.